The predicted molar refractivity (Wildman–Crippen MR) is 187 cm³/mol. The quantitative estimate of drug-likeness (QED) is 0.129. The van der Waals surface area contributed by atoms with Crippen molar-refractivity contribution in [3.8, 4) is 11.3 Å². The Kier molecular flexibility index (Phi) is 9.63. The maximum absolute atomic E-state index is 13.8. The number of benzene rings is 2. The van der Waals surface area contributed by atoms with Crippen LogP contribution in [-0.2, 0) is 11.3 Å². The maximum Gasteiger partial charge on any atom is 0.248 e. The third kappa shape index (κ3) is 7.60. The van der Waals surface area contributed by atoms with Crippen molar-refractivity contribution in [2.24, 2.45) is 0 Å². The Labute approximate surface area is 278 Å². The van der Waals surface area contributed by atoms with Gasteiger partial charge in [0.15, 0.2) is 5.65 Å². The van der Waals surface area contributed by atoms with E-state index in [1.807, 2.05) is 73.6 Å². The van der Waals surface area contributed by atoms with E-state index in [4.69, 9.17) is 15.0 Å². The minimum Gasteiger partial charge on any atom is -0.351 e. The van der Waals surface area contributed by atoms with Crippen LogP contribution in [0.5, 0.6) is 0 Å². The fourth-order valence-corrected chi connectivity index (χ4v) is 5.95. The molecule has 1 fully saturated rings. The minimum absolute atomic E-state index is 0.128. The maximum atomic E-state index is 13.8. The summed E-state index contributed by atoms with van der Waals surface area (Å²) in [5.41, 5.74) is 5.11. The number of likely N-dealkylation sites (N-methyl/N-ethyl adjacent to an activating group) is 1. The summed E-state index contributed by atoms with van der Waals surface area (Å²) in [4.78, 5) is 28.7. The fourth-order valence-electron chi connectivity index (χ4n) is 5.95. The standard InChI is InChI=1S/C36H41F2N9O/c1-23(2)30-22-41-47-33(30)44-34(43-26-13-16-36(37,38)17-14-26)45-35(47)40-21-25-8-5-6-9-28(25)32-29-12-11-27(20-24(29)15-18-39-32)42-31(48)10-7-19-46(3)4/h5-12,15,18,20,22-23,26H,13-14,16-17,19,21H2,1-4H3,(H,42,48)(H2,40,43,44,45)/b10-7+. The number of fused-ring (bicyclic) bond motifs is 2. The van der Waals surface area contributed by atoms with Gasteiger partial charge >= 0.3 is 0 Å². The predicted octanol–water partition coefficient (Wildman–Crippen LogP) is 7.12. The third-order valence-electron chi connectivity index (χ3n) is 8.55. The number of carbonyl (C=O) groups is 1. The van der Waals surface area contributed by atoms with Gasteiger partial charge in [0.2, 0.25) is 23.7 Å². The number of halogens is 2. The van der Waals surface area contributed by atoms with Gasteiger partial charge in [-0.3, -0.25) is 9.78 Å². The number of carbonyl (C=O) groups excluding carboxylic acids is 1. The van der Waals surface area contributed by atoms with Crippen LogP contribution in [-0.4, -0.2) is 68.0 Å². The Balaban J connectivity index is 1.26. The lowest BCUT2D eigenvalue weighted by Gasteiger charge is -2.28. The Morgan fingerprint density at radius 2 is 1.90 bits per heavy atom. The zero-order valence-electron chi connectivity index (χ0n) is 27.7. The Morgan fingerprint density at radius 1 is 1.10 bits per heavy atom. The molecule has 0 radical (unpaired) electrons. The van der Waals surface area contributed by atoms with Crippen molar-refractivity contribution in [2.45, 2.75) is 64.0 Å². The van der Waals surface area contributed by atoms with E-state index >= 15 is 0 Å². The summed E-state index contributed by atoms with van der Waals surface area (Å²) >= 11 is 0. The highest BCUT2D eigenvalue weighted by molar-refractivity contribution is 6.02. The summed E-state index contributed by atoms with van der Waals surface area (Å²) in [6, 6.07) is 15.7. The van der Waals surface area contributed by atoms with Crippen molar-refractivity contribution in [3.05, 3.63) is 84.2 Å². The van der Waals surface area contributed by atoms with Gasteiger partial charge in [0, 0.05) is 66.4 Å². The highest BCUT2D eigenvalue weighted by atomic mass is 19.3. The van der Waals surface area contributed by atoms with Crippen molar-refractivity contribution in [2.75, 3.05) is 36.6 Å². The van der Waals surface area contributed by atoms with Crippen molar-refractivity contribution in [1.82, 2.24) is 29.5 Å². The molecule has 0 unspecified atom stereocenters. The Bertz CT molecular complexity index is 1940. The number of pyridine rings is 1. The second-order valence-electron chi connectivity index (χ2n) is 12.9. The molecule has 2 aromatic carbocycles. The largest absolute Gasteiger partial charge is 0.351 e. The molecular formula is C36H41F2N9O. The molecule has 3 N–H and O–H groups in total. The molecule has 6 rings (SSSR count). The molecule has 48 heavy (non-hydrogen) atoms. The normalized spacial score (nSPS) is 15.2. The van der Waals surface area contributed by atoms with Crippen LogP contribution in [0.3, 0.4) is 0 Å². The summed E-state index contributed by atoms with van der Waals surface area (Å²) < 4.78 is 29.3. The van der Waals surface area contributed by atoms with E-state index in [0.717, 1.165) is 33.2 Å². The van der Waals surface area contributed by atoms with Crippen LogP contribution < -0.4 is 16.0 Å². The zero-order chi connectivity index (χ0) is 33.8. The van der Waals surface area contributed by atoms with E-state index in [9.17, 15) is 13.6 Å². The summed E-state index contributed by atoms with van der Waals surface area (Å²) in [6.45, 7) is 5.26. The lowest BCUT2D eigenvalue weighted by atomic mass is 9.92. The number of alkyl halides is 2. The number of nitrogens with zero attached hydrogens (tertiary/aromatic N) is 6. The van der Waals surface area contributed by atoms with Gasteiger partial charge in [-0.25, -0.2) is 8.78 Å². The SMILES string of the molecule is CC(C)c1cnn2c(NCc3ccccc3-c3nccc4cc(NC(=O)/C=C/CN(C)C)ccc34)nc(NC3CCC(F)(F)CC3)nc12. The van der Waals surface area contributed by atoms with Gasteiger partial charge < -0.3 is 20.9 Å². The number of anilines is 3. The van der Waals surface area contributed by atoms with E-state index < -0.39 is 5.92 Å². The molecule has 250 valence electrons. The second-order valence-corrected chi connectivity index (χ2v) is 12.9. The lowest BCUT2D eigenvalue weighted by Crippen LogP contribution is -2.32. The number of aromatic nitrogens is 5. The molecule has 5 aromatic rings. The third-order valence-corrected chi connectivity index (χ3v) is 8.55. The summed E-state index contributed by atoms with van der Waals surface area (Å²) in [5.74, 6) is -1.73. The molecular weight excluding hydrogens is 612 g/mol. The first kappa shape index (κ1) is 33.0. The van der Waals surface area contributed by atoms with Gasteiger partial charge in [-0.15, -0.1) is 0 Å². The highest BCUT2D eigenvalue weighted by Crippen LogP contribution is 2.35. The average Bonchev–Trinajstić information content (AvgIpc) is 3.49. The van der Waals surface area contributed by atoms with Gasteiger partial charge in [-0.05, 0) is 62.0 Å². The van der Waals surface area contributed by atoms with Gasteiger partial charge in [0.05, 0.1) is 11.9 Å². The molecule has 3 heterocycles. The average molecular weight is 654 g/mol. The molecule has 0 aliphatic heterocycles. The van der Waals surface area contributed by atoms with Crippen molar-refractivity contribution in [3.63, 3.8) is 0 Å². The zero-order valence-corrected chi connectivity index (χ0v) is 27.7. The first-order chi connectivity index (χ1) is 23.1. The number of amides is 1. The highest BCUT2D eigenvalue weighted by Gasteiger charge is 2.35. The molecule has 10 nitrogen and oxygen atoms in total. The number of rotatable bonds is 11. The van der Waals surface area contributed by atoms with Crippen molar-refractivity contribution < 1.29 is 13.6 Å². The van der Waals surface area contributed by atoms with Crippen molar-refractivity contribution in [1.29, 1.82) is 0 Å². The van der Waals surface area contributed by atoms with E-state index in [-0.39, 0.29) is 30.7 Å². The Morgan fingerprint density at radius 3 is 2.67 bits per heavy atom. The molecule has 0 saturated heterocycles. The van der Waals surface area contributed by atoms with Gasteiger partial charge in [-0.1, -0.05) is 50.3 Å². The van der Waals surface area contributed by atoms with Gasteiger partial charge in [0.25, 0.3) is 0 Å². The van der Waals surface area contributed by atoms with Crippen LogP contribution in [0.4, 0.5) is 26.4 Å². The smallest absolute Gasteiger partial charge is 0.248 e. The molecule has 1 aliphatic carbocycles. The minimum atomic E-state index is -2.61. The van der Waals surface area contributed by atoms with E-state index in [1.54, 1.807) is 23.0 Å². The molecule has 0 atom stereocenters. The van der Waals surface area contributed by atoms with Crippen LogP contribution in [0.1, 0.15) is 56.6 Å². The van der Waals surface area contributed by atoms with Crippen LogP contribution in [0.2, 0.25) is 0 Å². The van der Waals surface area contributed by atoms with Gasteiger partial charge in [-0.2, -0.15) is 19.6 Å². The molecule has 0 spiro atoms. The molecule has 0 bridgehead atoms. The molecule has 1 aliphatic rings. The molecule has 12 heteroatoms. The summed E-state index contributed by atoms with van der Waals surface area (Å²) in [7, 11) is 3.90. The fraction of sp³-hybridized carbons (Fsp3) is 0.361. The van der Waals surface area contributed by atoms with Crippen molar-refractivity contribution >= 4 is 39.9 Å². The van der Waals surface area contributed by atoms with Crippen LogP contribution in [0, 0.1) is 0 Å². The Hall–Kier alpha value is -4.97. The topological polar surface area (TPSA) is 112 Å². The van der Waals surface area contributed by atoms with Crippen LogP contribution >= 0.6 is 0 Å². The number of nitrogens with one attached hydrogen (secondary N) is 3. The van der Waals surface area contributed by atoms with Crippen LogP contribution in [0.15, 0.2) is 73.1 Å². The number of hydrogen-bond acceptors (Lipinski definition) is 8. The molecule has 3 aromatic heterocycles. The summed E-state index contributed by atoms with van der Waals surface area (Å²) in [5, 5.41) is 16.2. The van der Waals surface area contributed by atoms with Gasteiger partial charge in [0.1, 0.15) is 0 Å². The molecule has 1 saturated carbocycles. The van der Waals surface area contributed by atoms with Crippen LogP contribution in [0.25, 0.3) is 27.7 Å². The first-order valence-electron chi connectivity index (χ1n) is 16.3. The lowest BCUT2D eigenvalue weighted by molar-refractivity contribution is -0.111. The van der Waals surface area contributed by atoms with E-state index in [1.165, 1.54) is 0 Å². The second kappa shape index (κ2) is 14.0. The summed E-state index contributed by atoms with van der Waals surface area (Å²) in [6.07, 6.45) is 7.35. The van der Waals surface area contributed by atoms with E-state index in [0.29, 0.717) is 49.2 Å². The monoisotopic (exact) mass is 653 g/mol. The molecule has 1 amide bonds. The van der Waals surface area contributed by atoms with E-state index in [2.05, 4.69) is 34.9 Å². The number of hydrogen-bond donors (Lipinski definition) is 3. The first-order valence-corrected chi connectivity index (χ1v) is 16.3.